The Morgan fingerprint density at radius 1 is 1.24 bits per heavy atom. The molecule has 0 saturated heterocycles. The molecule has 0 fully saturated rings. The third-order valence-corrected chi connectivity index (χ3v) is 3.45. The van der Waals surface area contributed by atoms with E-state index in [4.69, 9.17) is 11.6 Å². The first-order chi connectivity index (χ1) is 7.89. The van der Waals surface area contributed by atoms with Crippen LogP contribution in [0.3, 0.4) is 0 Å². The number of hydrogen-bond acceptors (Lipinski definition) is 2. The van der Waals surface area contributed by atoms with Crippen LogP contribution in [0.2, 0.25) is 5.02 Å². The number of benzene rings is 1. The highest BCUT2D eigenvalue weighted by molar-refractivity contribution is 7.15. The Morgan fingerprint density at radius 2 is 1.88 bits per heavy atom. The minimum atomic E-state index is -4.46. The van der Waals surface area contributed by atoms with Crippen LogP contribution >= 0.6 is 22.9 Å². The van der Waals surface area contributed by atoms with Gasteiger partial charge in [0, 0.05) is 10.6 Å². The minimum Gasteiger partial charge on any atom is -0.236 e. The second-order valence-electron chi connectivity index (χ2n) is 3.39. The van der Waals surface area contributed by atoms with Crippen molar-refractivity contribution in [3.63, 3.8) is 0 Å². The maximum Gasteiger partial charge on any atom is 0.434 e. The quantitative estimate of drug-likeness (QED) is 0.730. The summed E-state index contributed by atoms with van der Waals surface area (Å²) in [7, 11) is 0. The van der Waals surface area contributed by atoms with Crippen molar-refractivity contribution in [1.82, 2.24) is 4.98 Å². The molecule has 0 unspecified atom stereocenters. The lowest BCUT2D eigenvalue weighted by molar-refractivity contribution is -0.140. The number of halogens is 4. The smallest absolute Gasteiger partial charge is 0.236 e. The number of aromatic nitrogens is 1. The topological polar surface area (TPSA) is 12.9 Å². The molecule has 0 radical (unpaired) electrons. The van der Waals surface area contributed by atoms with Crippen molar-refractivity contribution in [3.8, 4) is 10.4 Å². The van der Waals surface area contributed by atoms with Crippen molar-refractivity contribution < 1.29 is 13.2 Å². The van der Waals surface area contributed by atoms with Crippen molar-refractivity contribution in [1.29, 1.82) is 0 Å². The van der Waals surface area contributed by atoms with Crippen LogP contribution in [-0.4, -0.2) is 4.98 Å². The molecule has 0 spiro atoms. The third-order valence-electron chi connectivity index (χ3n) is 2.12. The highest BCUT2D eigenvalue weighted by atomic mass is 35.5. The van der Waals surface area contributed by atoms with Gasteiger partial charge in [-0.2, -0.15) is 13.2 Å². The van der Waals surface area contributed by atoms with Gasteiger partial charge in [0.1, 0.15) is 0 Å². The summed E-state index contributed by atoms with van der Waals surface area (Å²) in [6, 6.07) is 6.44. The third kappa shape index (κ3) is 2.45. The van der Waals surface area contributed by atoms with Crippen LogP contribution in [-0.2, 0) is 6.18 Å². The lowest BCUT2D eigenvalue weighted by atomic mass is 10.1. The zero-order valence-corrected chi connectivity index (χ0v) is 10.2. The Labute approximate surface area is 105 Å². The molecule has 6 heteroatoms. The first kappa shape index (κ1) is 12.4. The summed E-state index contributed by atoms with van der Waals surface area (Å²) >= 11 is 6.89. The predicted octanol–water partition coefficient (Wildman–Crippen LogP) is 4.79. The normalized spacial score (nSPS) is 11.8. The highest BCUT2D eigenvalue weighted by Crippen LogP contribution is 2.42. The summed E-state index contributed by atoms with van der Waals surface area (Å²) in [5.74, 6) is 0. The van der Waals surface area contributed by atoms with Gasteiger partial charge in [-0.3, -0.25) is 0 Å². The molecule has 0 amide bonds. The standard InChI is InChI=1S/C11H7ClF3NS/c1-6-16-10(11(13,14)15)9(17-6)7-4-2-3-5-8(7)12/h2-5H,1H3. The van der Waals surface area contributed by atoms with Crippen LogP contribution in [0.25, 0.3) is 10.4 Å². The molecule has 0 bridgehead atoms. The van der Waals surface area contributed by atoms with Crippen molar-refractivity contribution in [2.24, 2.45) is 0 Å². The van der Waals surface area contributed by atoms with Crippen LogP contribution < -0.4 is 0 Å². The van der Waals surface area contributed by atoms with Gasteiger partial charge < -0.3 is 0 Å². The van der Waals surface area contributed by atoms with E-state index in [1.54, 1.807) is 31.2 Å². The van der Waals surface area contributed by atoms with Crippen molar-refractivity contribution in [3.05, 3.63) is 40.0 Å². The van der Waals surface area contributed by atoms with Gasteiger partial charge in [-0.1, -0.05) is 29.8 Å². The minimum absolute atomic E-state index is 0.0700. The first-order valence-electron chi connectivity index (χ1n) is 4.69. The zero-order valence-electron chi connectivity index (χ0n) is 8.68. The maximum atomic E-state index is 12.8. The Kier molecular flexibility index (Phi) is 3.14. The van der Waals surface area contributed by atoms with E-state index in [2.05, 4.69) is 4.98 Å². The molecule has 90 valence electrons. The molecule has 0 aliphatic rings. The molecule has 0 atom stereocenters. The summed E-state index contributed by atoms with van der Waals surface area (Å²) in [6.45, 7) is 1.54. The summed E-state index contributed by atoms with van der Waals surface area (Å²) in [6.07, 6.45) is -4.46. The SMILES string of the molecule is Cc1nc(C(F)(F)F)c(-c2ccccc2Cl)s1. The largest absolute Gasteiger partial charge is 0.434 e. The van der Waals surface area contributed by atoms with Gasteiger partial charge in [0.05, 0.1) is 9.88 Å². The molecule has 0 aliphatic heterocycles. The Hall–Kier alpha value is -1.07. The molecule has 0 aliphatic carbocycles. The molecule has 0 N–H and O–H groups in total. The Balaban J connectivity index is 2.64. The summed E-state index contributed by atoms with van der Waals surface area (Å²) in [5, 5.41) is 0.661. The van der Waals surface area contributed by atoms with E-state index in [9.17, 15) is 13.2 Å². The molecular formula is C11H7ClF3NS. The fraction of sp³-hybridized carbons (Fsp3) is 0.182. The molecule has 1 aromatic heterocycles. The van der Waals surface area contributed by atoms with Gasteiger partial charge in [0.15, 0.2) is 5.69 Å². The Morgan fingerprint density at radius 3 is 2.47 bits per heavy atom. The van der Waals surface area contributed by atoms with E-state index < -0.39 is 11.9 Å². The number of alkyl halides is 3. The second kappa shape index (κ2) is 4.31. The number of rotatable bonds is 1. The second-order valence-corrected chi connectivity index (χ2v) is 5.00. The van der Waals surface area contributed by atoms with Gasteiger partial charge in [-0.15, -0.1) is 11.3 Å². The molecule has 17 heavy (non-hydrogen) atoms. The van der Waals surface area contributed by atoms with E-state index in [0.717, 1.165) is 11.3 Å². The number of nitrogens with zero attached hydrogens (tertiary/aromatic N) is 1. The molecule has 2 aromatic rings. The van der Waals surface area contributed by atoms with Gasteiger partial charge >= 0.3 is 6.18 Å². The number of aryl methyl sites for hydroxylation is 1. The van der Waals surface area contributed by atoms with Crippen molar-refractivity contribution >= 4 is 22.9 Å². The summed E-state index contributed by atoms with van der Waals surface area (Å²) in [5.41, 5.74) is -0.500. The van der Waals surface area contributed by atoms with Crippen LogP contribution in [0.4, 0.5) is 13.2 Å². The fourth-order valence-electron chi connectivity index (χ4n) is 1.45. The number of hydrogen-bond donors (Lipinski definition) is 0. The lowest BCUT2D eigenvalue weighted by Gasteiger charge is -2.07. The molecular weight excluding hydrogens is 271 g/mol. The highest BCUT2D eigenvalue weighted by Gasteiger charge is 2.37. The summed E-state index contributed by atoms with van der Waals surface area (Å²) < 4.78 is 38.3. The van der Waals surface area contributed by atoms with Crippen molar-refractivity contribution in [2.45, 2.75) is 13.1 Å². The fourth-order valence-corrected chi connectivity index (χ4v) is 2.71. The first-order valence-corrected chi connectivity index (χ1v) is 5.88. The molecule has 0 saturated carbocycles. The van der Waals surface area contributed by atoms with E-state index >= 15 is 0 Å². The predicted molar refractivity (Wildman–Crippen MR) is 62.3 cm³/mol. The molecule has 1 aromatic carbocycles. The maximum absolute atomic E-state index is 12.8. The van der Waals surface area contributed by atoms with Gasteiger partial charge in [-0.25, -0.2) is 4.98 Å². The monoisotopic (exact) mass is 277 g/mol. The van der Waals surface area contributed by atoms with Gasteiger partial charge in [0.2, 0.25) is 0 Å². The van der Waals surface area contributed by atoms with Gasteiger partial charge in [-0.05, 0) is 13.0 Å². The van der Waals surface area contributed by atoms with E-state index in [1.807, 2.05) is 0 Å². The van der Waals surface area contributed by atoms with Crippen LogP contribution in [0.15, 0.2) is 24.3 Å². The van der Waals surface area contributed by atoms with Crippen molar-refractivity contribution in [2.75, 3.05) is 0 Å². The van der Waals surface area contributed by atoms with Crippen LogP contribution in [0.1, 0.15) is 10.7 Å². The summed E-state index contributed by atoms with van der Waals surface area (Å²) in [4.78, 5) is 3.60. The van der Waals surface area contributed by atoms with E-state index in [1.165, 1.54) is 0 Å². The van der Waals surface area contributed by atoms with E-state index in [0.29, 0.717) is 15.6 Å². The molecule has 1 heterocycles. The van der Waals surface area contributed by atoms with Crippen LogP contribution in [0.5, 0.6) is 0 Å². The molecule has 1 nitrogen and oxygen atoms in total. The zero-order chi connectivity index (χ0) is 12.6. The lowest BCUT2D eigenvalue weighted by Crippen LogP contribution is -2.07. The number of thiazole rings is 1. The average molecular weight is 278 g/mol. The molecule has 2 rings (SSSR count). The Bertz CT molecular complexity index is 548. The van der Waals surface area contributed by atoms with Gasteiger partial charge in [0.25, 0.3) is 0 Å². The van der Waals surface area contributed by atoms with Crippen LogP contribution in [0, 0.1) is 6.92 Å². The average Bonchev–Trinajstić information content (AvgIpc) is 2.60. The van der Waals surface area contributed by atoms with E-state index in [-0.39, 0.29) is 4.88 Å².